The molecule has 0 heterocycles. The minimum Gasteiger partial charge on any atom is -0.491 e. The summed E-state index contributed by atoms with van der Waals surface area (Å²) >= 11 is 0. The normalized spacial score (nSPS) is 11.0. The minimum absolute atomic E-state index is 0.000624. The molecule has 150 valence electrons. The number of rotatable bonds is 7. The van der Waals surface area contributed by atoms with Crippen LogP contribution in [0.3, 0.4) is 0 Å². The first-order valence-corrected chi connectivity index (χ1v) is 9.60. The van der Waals surface area contributed by atoms with Crippen LogP contribution in [0.25, 0.3) is 0 Å². The number of para-hydroxylation sites is 2. The predicted octanol–water partition coefficient (Wildman–Crippen LogP) is 5.12. The maximum Gasteiger partial charge on any atom is 0.321 e. The third-order valence-electron chi connectivity index (χ3n) is 4.52. The lowest BCUT2D eigenvalue weighted by molar-refractivity contribution is 0.0989. The van der Waals surface area contributed by atoms with Gasteiger partial charge in [-0.1, -0.05) is 58.0 Å². The molecule has 1 N–H and O–H groups in total. The Kier molecular flexibility index (Phi) is 7.21. The van der Waals surface area contributed by atoms with Crippen LogP contribution in [0.1, 0.15) is 50.0 Å². The maximum atomic E-state index is 12.5. The molecule has 2 aromatic carbocycles. The summed E-state index contributed by atoms with van der Waals surface area (Å²) in [5.74, 6) is 0.836. The van der Waals surface area contributed by atoms with Crippen LogP contribution in [0, 0.1) is 0 Å². The van der Waals surface area contributed by atoms with Crippen molar-refractivity contribution in [2.75, 3.05) is 25.5 Å². The standard InChI is InChI=1S/C23H30N2O3/c1-6-20(26)17-11-7-9-13-19(17)24-22(27)25(5)15-16-28-21-14-10-8-12-18(21)23(2,3)4/h7-14H,6,15-16H2,1-5H3,(H,24,27). The zero-order valence-electron chi connectivity index (χ0n) is 17.4. The summed E-state index contributed by atoms with van der Waals surface area (Å²) in [6.45, 7) is 9.04. The first-order valence-electron chi connectivity index (χ1n) is 9.60. The van der Waals surface area contributed by atoms with Crippen LogP contribution in [0.15, 0.2) is 48.5 Å². The Morgan fingerprint density at radius 3 is 2.36 bits per heavy atom. The molecule has 2 amide bonds. The van der Waals surface area contributed by atoms with Gasteiger partial charge in [-0.25, -0.2) is 4.79 Å². The number of ether oxygens (including phenoxy) is 1. The highest BCUT2D eigenvalue weighted by Crippen LogP contribution is 2.30. The number of anilines is 1. The first-order chi connectivity index (χ1) is 13.2. The van der Waals surface area contributed by atoms with E-state index < -0.39 is 0 Å². The number of hydrogen-bond donors (Lipinski definition) is 1. The molecule has 0 radical (unpaired) electrons. The van der Waals surface area contributed by atoms with E-state index in [1.54, 1.807) is 43.1 Å². The monoisotopic (exact) mass is 382 g/mol. The second-order valence-corrected chi connectivity index (χ2v) is 7.77. The second-order valence-electron chi connectivity index (χ2n) is 7.77. The molecule has 0 aromatic heterocycles. The molecule has 0 fully saturated rings. The third-order valence-corrected chi connectivity index (χ3v) is 4.52. The van der Waals surface area contributed by atoms with Crippen LogP contribution in [0.5, 0.6) is 5.75 Å². The van der Waals surface area contributed by atoms with Gasteiger partial charge >= 0.3 is 6.03 Å². The largest absolute Gasteiger partial charge is 0.491 e. The predicted molar refractivity (Wildman–Crippen MR) is 113 cm³/mol. The number of nitrogens with one attached hydrogen (secondary N) is 1. The average Bonchev–Trinajstić information content (AvgIpc) is 2.67. The van der Waals surface area contributed by atoms with Crippen LogP contribution < -0.4 is 10.1 Å². The first kappa shape index (κ1) is 21.5. The summed E-state index contributed by atoms with van der Waals surface area (Å²) < 4.78 is 5.94. The lowest BCUT2D eigenvalue weighted by Gasteiger charge is -2.24. The van der Waals surface area contributed by atoms with Gasteiger partial charge in [0.05, 0.1) is 12.2 Å². The van der Waals surface area contributed by atoms with Gasteiger partial charge in [0.15, 0.2) is 5.78 Å². The molecule has 0 spiro atoms. The molecule has 0 aliphatic carbocycles. The Hall–Kier alpha value is -2.82. The van der Waals surface area contributed by atoms with Crippen molar-refractivity contribution >= 4 is 17.5 Å². The summed E-state index contributed by atoms with van der Waals surface area (Å²) in [5.41, 5.74) is 2.18. The molecule has 0 aliphatic heterocycles. The van der Waals surface area contributed by atoms with Crippen LogP contribution in [-0.2, 0) is 5.41 Å². The lowest BCUT2D eigenvalue weighted by Crippen LogP contribution is -2.35. The SMILES string of the molecule is CCC(=O)c1ccccc1NC(=O)N(C)CCOc1ccccc1C(C)(C)C. The molecule has 0 bridgehead atoms. The Labute approximate surface area is 167 Å². The number of urea groups is 1. The van der Waals surface area contributed by atoms with Gasteiger partial charge in [0.2, 0.25) is 0 Å². The van der Waals surface area contributed by atoms with Crippen LogP contribution in [0.4, 0.5) is 10.5 Å². The van der Waals surface area contributed by atoms with E-state index in [1.807, 2.05) is 18.2 Å². The van der Waals surface area contributed by atoms with Crippen LogP contribution in [0.2, 0.25) is 0 Å². The number of nitrogens with zero attached hydrogens (tertiary/aromatic N) is 1. The topological polar surface area (TPSA) is 58.6 Å². The van der Waals surface area contributed by atoms with Gasteiger partial charge in [0.1, 0.15) is 12.4 Å². The van der Waals surface area contributed by atoms with E-state index >= 15 is 0 Å². The van der Waals surface area contributed by atoms with Crippen molar-refractivity contribution in [3.8, 4) is 5.75 Å². The Morgan fingerprint density at radius 1 is 1.04 bits per heavy atom. The molecule has 0 saturated carbocycles. The Morgan fingerprint density at radius 2 is 1.68 bits per heavy atom. The maximum absolute atomic E-state index is 12.5. The highest BCUT2D eigenvalue weighted by Gasteiger charge is 2.19. The molecular formula is C23H30N2O3. The molecular weight excluding hydrogens is 352 g/mol. The zero-order valence-corrected chi connectivity index (χ0v) is 17.4. The van der Waals surface area contributed by atoms with Crippen molar-refractivity contribution in [2.45, 2.75) is 39.5 Å². The fraction of sp³-hybridized carbons (Fsp3) is 0.391. The summed E-state index contributed by atoms with van der Waals surface area (Å²) in [5, 5.41) is 2.82. The minimum atomic E-state index is -0.274. The quantitative estimate of drug-likeness (QED) is 0.676. The fourth-order valence-electron chi connectivity index (χ4n) is 2.84. The number of carbonyl (C=O) groups excluding carboxylic acids is 2. The molecule has 0 atom stereocenters. The van der Waals surface area contributed by atoms with E-state index in [-0.39, 0.29) is 17.2 Å². The summed E-state index contributed by atoms with van der Waals surface area (Å²) in [4.78, 5) is 26.1. The second kappa shape index (κ2) is 9.40. The summed E-state index contributed by atoms with van der Waals surface area (Å²) in [6, 6.07) is 14.8. The molecule has 5 nitrogen and oxygen atoms in total. The van der Waals surface area contributed by atoms with Crippen LogP contribution >= 0.6 is 0 Å². The van der Waals surface area contributed by atoms with Crippen molar-refractivity contribution < 1.29 is 14.3 Å². The van der Waals surface area contributed by atoms with E-state index in [2.05, 4.69) is 32.2 Å². The molecule has 5 heteroatoms. The average molecular weight is 383 g/mol. The van der Waals surface area contributed by atoms with Gasteiger partial charge in [0.25, 0.3) is 0 Å². The van der Waals surface area contributed by atoms with Crippen molar-refractivity contribution in [3.05, 3.63) is 59.7 Å². The Bertz CT molecular complexity index is 825. The van der Waals surface area contributed by atoms with Crippen LogP contribution in [-0.4, -0.2) is 36.9 Å². The number of Topliss-reactive ketones (excluding diaryl/α,β-unsaturated/α-hetero) is 1. The van der Waals surface area contributed by atoms with Gasteiger partial charge in [0, 0.05) is 19.0 Å². The molecule has 0 unspecified atom stereocenters. The van der Waals surface area contributed by atoms with E-state index in [9.17, 15) is 9.59 Å². The van der Waals surface area contributed by atoms with E-state index in [4.69, 9.17) is 4.74 Å². The van der Waals surface area contributed by atoms with E-state index in [1.165, 1.54) is 0 Å². The number of carbonyl (C=O) groups is 2. The molecule has 0 saturated heterocycles. The Balaban J connectivity index is 1.95. The van der Waals surface area contributed by atoms with Gasteiger partial charge in [-0.2, -0.15) is 0 Å². The number of hydrogen-bond acceptors (Lipinski definition) is 3. The molecule has 2 aromatic rings. The van der Waals surface area contributed by atoms with Gasteiger partial charge < -0.3 is 15.0 Å². The van der Waals surface area contributed by atoms with Crippen molar-refractivity contribution in [3.63, 3.8) is 0 Å². The van der Waals surface area contributed by atoms with E-state index in [0.29, 0.717) is 30.8 Å². The van der Waals surface area contributed by atoms with Gasteiger partial charge in [-0.15, -0.1) is 0 Å². The smallest absolute Gasteiger partial charge is 0.321 e. The van der Waals surface area contributed by atoms with Crippen molar-refractivity contribution in [2.24, 2.45) is 0 Å². The lowest BCUT2D eigenvalue weighted by atomic mass is 9.86. The van der Waals surface area contributed by atoms with E-state index in [0.717, 1.165) is 11.3 Å². The summed E-state index contributed by atoms with van der Waals surface area (Å²) in [6.07, 6.45) is 0.393. The highest BCUT2D eigenvalue weighted by atomic mass is 16.5. The zero-order chi connectivity index (χ0) is 20.7. The number of ketones is 1. The fourth-order valence-corrected chi connectivity index (χ4v) is 2.84. The van der Waals surface area contributed by atoms with Crippen molar-refractivity contribution in [1.29, 1.82) is 0 Å². The number of benzene rings is 2. The molecule has 0 aliphatic rings. The van der Waals surface area contributed by atoms with Gasteiger partial charge in [-0.3, -0.25) is 4.79 Å². The summed E-state index contributed by atoms with van der Waals surface area (Å²) in [7, 11) is 1.71. The van der Waals surface area contributed by atoms with Gasteiger partial charge in [-0.05, 0) is 29.2 Å². The third kappa shape index (κ3) is 5.59. The molecule has 2 rings (SSSR count). The number of likely N-dealkylation sites (N-methyl/N-ethyl adjacent to an activating group) is 1. The number of amides is 2. The van der Waals surface area contributed by atoms with Crippen molar-refractivity contribution in [1.82, 2.24) is 4.90 Å². The molecule has 28 heavy (non-hydrogen) atoms. The highest BCUT2D eigenvalue weighted by molar-refractivity contribution is 6.04.